The Bertz CT molecular complexity index is 435. The number of hydrogen-bond acceptors (Lipinski definition) is 4. The third kappa shape index (κ3) is 5.38. The average molecular weight is 292 g/mol. The molecule has 0 aliphatic rings. The smallest absolute Gasteiger partial charge is 0.322 e. The summed E-state index contributed by atoms with van der Waals surface area (Å²) in [6.07, 6.45) is 1.75. The van der Waals surface area contributed by atoms with E-state index in [9.17, 15) is 4.79 Å². The molecule has 4 heteroatoms. The van der Waals surface area contributed by atoms with E-state index < -0.39 is 0 Å². The number of rotatable bonds is 9. The molecule has 0 fully saturated rings. The zero-order chi connectivity index (χ0) is 15.7. The first-order valence-electron chi connectivity index (χ1n) is 7.75. The van der Waals surface area contributed by atoms with Gasteiger partial charge in [-0.05, 0) is 44.9 Å². The monoisotopic (exact) mass is 292 g/mol. The van der Waals surface area contributed by atoms with Crippen LogP contribution >= 0.6 is 0 Å². The van der Waals surface area contributed by atoms with Gasteiger partial charge in [-0.3, -0.25) is 4.79 Å². The second-order valence-electron chi connectivity index (χ2n) is 5.18. The van der Waals surface area contributed by atoms with Crippen LogP contribution in [0.15, 0.2) is 24.3 Å². The van der Waals surface area contributed by atoms with Crippen molar-refractivity contribution in [2.75, 3.05) is 31.6 Å². The molecule has 0 spiro atoms. The molecule has 1 rings (SSSR count). The van der Waals surface area contributed by atoms with E-state index in [4.69, 9.17) is 4.74 Å². The number of anilines is 1. The molecule has 1 aromatic carbocycles. The van der Waals surface area contributed by atoms with Crippen molar-refractivity contribution >= 4 is 11.7 Å². The molecule has 1 atom stereocenters. The van der Waals surface area contributed by atoms with Gasteiger partial charge in [0.2, 0.25) is 0 Å². The fourth-order valence-corrected chi connectivity index (χ4v) is 2.42. The molecule has 0 aliphatic heterocycles. The van der Waals surface area contributed by atoms with Crippen LogP contribution in [-0.2, 0) is 9.53 Å². The zero-order valence-corrected chi connectivity index (χ0v) is 13.7. The van der Waals surface area contributed by atoms with Crippen molar-refractivity contribution in [2.45, 2.75) is 39.7 Å². The normalized spacial score (nSPS) is 12.0. The summed E-state index contributed by atoms with van der Waals surface area (Å²) in [6, 6.07) is 8.12. The maximum Gasteiger partial charge on any atom is 0.322 e. The van der Waals surface area contributed by atoms with Crippen molar-refractivity contribution in [3.8, 4) is 0 Å². The number of nitrogens with zero attached hydrogens (tertiary/aromatic N) is 1. The quantitative estimate of drug-likeness (QED) is 0.711. The number of carbonyl (C=O) groups excluding carboxylic acids is 1. The van der Waals surface area contributed by atoms with Gasteiger partial charge in [-0.15, -0.1) is 0 Å². The standard InChI is InChI=1S/C17H28N2O2/c1-5-12-18-15(17(20)21-4)11-13-19(6-2)16-10-8-7-9-14(16)3/h7-10,15,18H,5-6,11-13H2,1-4H3. The minimum absolute atomic E-state index is 0.177. The van der Waals surface area contributed by atoms with Crippen molar-refractivity contribution in [1.29, 1.82) is 0 Å². The van der Waals surface area contributed by atoms with Gasteiger partial charge in [0.25, 0.3) is 0 Å². The van der Waals surface area contributed by atoms with Crippen LogP contribution in [0.5, 0.6) is 0 Å². The molecular formula is C17H28N2O2. The summed E-state index contributed by atoms with van der Waals surface area (Å²) in [5, 5.41) is 3.26. The Labute approximate surface area is 128 Å². The van der Waals surface area contributed by atoms with Crippen molar-refractivity contribution in [1.82, 2.24) is 5.32 Å². The van der Waals surface area contributed by atoms with Crippen LogP contribution in [0.4, 0.5) is 5.69 Å². The maximum absolute atomic E-state index is 11.8. The Kier molecular flexibility index (Phi) is 7.83. The van der Waals surface area contributed by atoms with E-state index in [0.29, 0.717) is 0 Å². The van der Waals surface area contributed by atoms with Crippen LogP contribution in [0, 0.1) is 6.92 Å². The first kappa shape index (κ1) is 17.5. The largest absolute Gasteiger partial charge is 0.468 e. The molecule has 0 radical (unpaired) electrons. The fourth-order valence-electron chi connectivity index (χ4n) is 2.42. The molecule has 0 bridgehead atoms. The number of aryl methyl sites for hydroxylation is 1. The van der Waals surface area contributed by atoms with Crippen molar-refractivity contribution in [3.63, 3.8) is 0 Å². The highest BCUT2D eigenvalue weighted by atomic mass is 16.5. The van der Waals surface area contributed by atoms with Crippen LogP contribution in [0.25, 0.3) is 0 Å². The number of hydrogen-bond donors (Lipinski definition) is 1. The highest BCUT2D eigenvalue weighted by molar-refractivity contribution is 5.75. The number of ether oxygens (including phenoxy) is 1. The number of carbonyl (C=O) groups is 1. The molecule has 118 valence electrons. The van der Waals surface area contributed by atoms with Crippen molar-refractivity contribution in [3.05, 3.63) is 29.8 Å². The summed E-state index contributed by atoms with van der Waals surface area (Å²) in [5.74, 6) is -0.177. The SMILES string of the molecule is CCCNC(CCN(CC)c1ccccc1C)C(=O)OC. The van der Waals surface area contributed by atoms with Crippen LogP contribution in [-0.4, -0.2) is 38.8 Å². The molecule has 1 N–H and O–H groups in total. The Morgan fingerprint density at radius 3 is 2.62 bits per heavy atom. The van der Waals surface area contributed by atoms with Gasteiger partial charge >= 0.3 is 5.97 Å². The number of nitrogens with one attached hydrogen (secondary N) is 1. The Morgan fingerprint density at radius 2 is 2.05 bits per heavy atom. The van der Waals surface area contributed by atoms with Gasteiger partial charge in [0.1, 0.15) is 6.04 Å². The molecule has 0 saturated carbocycles. The summed E-state index contributed by atoms with van der Waals surface area (Å²) in [7, 11) is 1.45. The number of para-hydroxylation sites is 1. The Hall–Kier alpha value is -1.55. The van der Waals surface area contributed by atoms with E-state index in [1.165, 1.54) is 18.4 Å². The maximum atomic E-state index is 11.8. The molecule has 0 saturated heterocycles. The van der Waals surface area contributed by atoms with Gasteiger partial charge < -0.3 is 15.0 Å². The van der Waals surface area contributed by atoms with Gasteiger partial charge in [0.05, 0.1) is 7.11 Å². The predicted octanol–water partition coefficient (Wildman–Crippen LogP) is 2.75. The highest BCUT2D eigenvalue weighted by Crippen LogP contribution is 2.19. The summed E-state index contributed by atoms with van der Waals surface area (Å²) in [4.78, 5) is 14.1. The third-order valence-electron chi connectivity index (χ3n) is 3.65. The van der Waals surface area contributed by atoms with E-state index in [-0.39, 0.29) is 12.0 Å². The van der Waals surface area contributed by atoms with E-state index in [2.05, 4.69) is 49.2 Å². The molecule has 1 aromatic rings. The lowest BCUT2D eigenvalue weighted by Crippen LogP contribution is -2.41. The van der Waals surface area contributed by atoms with E-state index in [0.717, 1.165) is 32.5 Å². The second-order valence-corrected chi connectivity index (χ2v) is 5.18. The molecule has 0 heterocycles. The van der Waals surface area contributed by atoms with Gasteiger partial charge in [-0.2, -0.15) is 0 Å². The second kappa shape index (κ2) is 9.40. The van der Waals surface area contributed by atoms with Gasteiger partial charge in [0.15, 0.2) is 0 Å². The topological polar surface area (TPSA) is 41.6 Å². The zero-order valence-electron chi connectivity index (χ0n) is 13.7. The molecule has 21 heavy (non-hydrogen) atoms. The van der Waals surface area contributed by atoms with Crippen LogP contribution in [0.1, 0.15) is 32.3 Å². The molecule has 0 aliphatic carbocycles. The first-order chi connectivity index (χ1) is 10.1. The third-order valence-corrected chi connectivity index (χ3v) is 3.65. The lowest BCUT2D eigenvalue weighted by molar-refractivity contribution is -0.143. The molecular weight excluding hydrogens is 264 g/mol. The van der Waals surface area contributed by atoms with Crippen LogP contribution in [0.3, 0.4) is 0 Å². The molecule has 0 amide bonds. The van der Waals surface area contributed by atoms with E-state index >= 15 is 0 Å². The van der Waals surface area contributed by atoms with Crippen LogP contribution < -0.4 is 10.2 Å². The van der Waals surface area contributed by atoms with Gasteiger partial charge in [0, 0.05) is 18.8 Å². The van der Waals surface area contributed by atoms with E-state index in [1.807, 2.05) is 6.07 Å². The van der Waals surface area contributed by atoms with Crippen molar-refractivity contribution < 1.29 is 9.53 Å². The fraction of sp³-hybridized carbons (Fsp3) is 0.588. The van der Waals surface area contributed by atoms with E-state index in [1.54, 1.807) is 0 Å². The lowest BCUT2D eigenvalue weighted by atomic mass is 10.1. The minimum atomic E-state index is -0.229. The summed E-state index contributed by atoms with van der Waals surface area (Å²) in [5.41, 5.74) is 2.49. The van der Waals surface area contributed by atoms with Crippen LogP contribution in [0.2, 0.25) is 0 Å². The lowest BCUT2D eigenvalue weighted by Gasteiger charge is -2.27. The highest BCUT2D eigenvalue weighted by Gasteiger charge is 2.19. The summed E-state index contributed by atoms with van der Waals surface area (Å²) >= 11 is 0. The minimum Gasteiger partial charge on any atom is -0.468 e. The van der Waals surface area contributed by atoms with Gasteiger partial charge in [-0.25, -0.2) is 0 Å². The molecule has 4 nitrogen and oxygen atoms in total. The van der Waals surface area contributed by atoms with Gasteiger partial charge in [-0.1, -0.05) is 25.1 Å². The summed E-state index contributed by atoms with van der Waals surface area (Å²) < 4.78 is 4.88. The number of benzene rings is 1. The Balaban J connectivity index is 2.67. The Morgan fingerprint density at radius 1 is 1.33 bits per heavy atom. The molecule has 1 unspecified atom stereocenters. The summed E-state index contributed by atoms with van der Waals surface area (Å²) in [6.45, 7) is 8.93. The first-order valence-corrected chi connectivity index (χ1v) is 7.75. The van der Waals surface area contributed by atoms with Crippen molar-refractivity contribution in [2.24, 2.45) is 0 Å². The average Bonchev–Trinajstić information content (AvgIpc) is 2.51. The predicted molar refractivity (Wildman–Crippen MR) is 87.8 cm³/mol. The number of esters is 1. The molecule has 0 aromatic heterocycles. The number of methoxy groups -OCH3 is 1.